The number of nitrogens with two attached hydrogens (primary N) is 1. The van der Waals surface area contributed by atoms with Gasteiger partial charge in [-0.1, -0.05) is 16.8 Å². The van der Waals surface area contributed by atoms with E-state index in [4.69, 9.17) is 15.7 Å². The summed E-state index contributed by atoms with van der Waals surface area (Å²) in [6.07, 6.45) is 2.90. The zero-order valence-electron chi connectivity index (χ0n) is 11.0. The quantitative estimate of drug-likeness (QED) is 0.366. The van der Waals surface area contributed by atoms with Crippen LogP contribution in [-0.4, -0.2) is 36.3 Å². The maximum Gasteiger partial charge on any atom is 0.172 e. The number of benzene rings is 1. The number of rotatable bonds is 2. The molecule has 2 atom stereocenters. The van der Waals surface area contributed by atoms with Crippen molar-refractivity contribution >= 4 is 11.5 Å². The first-order chi connectivity index (χ1) is 9.17. The van der Waals surface area contributed by atoms with Gasteiger partial charge >= 0.3 is 0 Å². The van der Waals surface area contributed by atoms with E-state index in [1.54, 1.807) is 0 Å². The maximum atomic E-state index is 8.94. The van der Waals surface area contributed by atoms with Crippen molar-refractivity contribution in [3.63, 3.8) is 0 Å². The number of aryl methyl sites for hydroxylation is 1. The van der Waals surface area contributed by atoms with Gasteiger partial charge in [0.1, 0.15) is 0 Å². The van der Waals surface area contributed by atoms with Crippen molar-refractivity contribution in [1.29, 1.82) is 0 Å². The molecule has 5 heteroatoms. The fourth-order valence-electron chi connectivity index (χ4n) is 3.00. The molecular weight excluding hydrogens is 242 g/mol. The van der Waals surface area contributed by atoms with Gasteiger partial charge in [0, 0.05) is 24.3 Å². The minimum atomic E-state index is 0.164. The van der Waals surface area contributed by atoms with Crippen LogP contribution in [0.5, 0.6) is 0 Å². The Morgan fingerprint density at radius 2 is 2.05 bits per heavy atom. The standard InChI is InChI=1S/C14H19N3O2/c1-9-2-5-13(12(6-9)14(15)16-18)17-7-10-3-4-11(8-17)19-10/h2,5-6,10-11,18H,3-4,7-8H2,1H3,(H2,15,16). The number of morpholine rings is 1. The summed E-state index contributed by atoms with van der Waals surface area (Å²) in [5, 5.41) is 12.1. The summed E-state index contributed by atoms with van der Waals surface area (Å²) in [4.78, 5) is 2.29. The molecule has 1 aromatic carbocycles. The number of ether oxygens (including phenoxy) is 1. The normalized spacial score (nSPS) is 26.8. The molecule has 2 aliphatic rings. The number of hydrogen-bond acceptors (Lipinski definition) is 4. The molecule has 2 saturated heterocycles. The zero-order chi connectivity index (χ0) is 13.4. The molecule has 0 saturated carbocycles. The summed E-state index contributed by atoms with van der Waals surface area (Å²) in [7, 11) is 0. The molecule has 2 aliphatic heterocycles. The first kappa shape index (κ1) is 12.3. The molecule has 0 aliphatic carbocycles. The summed E-state index contributed by atoms with van der Waals surface area (Å²) in [5.41, 5.74) is 8.72. The number of oxime groups is 1. The van der Waals surface area contributed by atoms with Crippen molar-refractivity contribution in [1.82, 2.24) is 0 Å². The van der Waals surface area contributed by atoms with Crippen LogP contribution in [0.25, 0.3) is 0 Å². The van der Waals surface area contributed by atoms with Crippen LogP contribution in [0.15, 0.2) is 23.4 Å². The van der Waals surface area contributed by atoms with Gasteiger partial charge in [-0.05, 0) is 31.9 Å². The lowest BCUT2D eigenvalue weighted by Crippen LogP contribution is -2.43. The second kappa shape index (κ2) is 4.74. The van der Waals surface area contributed by atoms with Crippen LogP contribution in [0.3, 0.4) is 0 Å². The Labute approximate surface area is 112 Å². The van der Waals surface area contributed by atoms with E-state index in [0.717, 1.165) is 42.7 Å². The van der Waals surface area contributed by atoms with Crippen LogP contribution in [0.4, 0.5) is 5.69 Å². The Balaban J connectivity index is 1.96. The predicted octanol–water partition coefficient (Wildman–Crippen LogP) is 1.46. The molecule has 19 heavy (non-hydrogen) atoms. The van der Waals surface area contributed by atoms with Gasteiger partial charge < -0.3 is 20.6 Å². The highest BCUT2D eigenvalue weighted by atomic mass is 16.5. The average molecular weight is 261 g/mol. The smallest absolute Gasteiger partial charge is 0.172 e. The number of amidine groups is 1. The van der Waals surface area contributed by atoms with Crippen LogP contribution < -0.4 is 10.6 Å². The highest BCUT2D eigenvalue weighted by molar-refractivity contribution is 6.02. The SMILES string of the molecule is Cc1ccc(N2CC3CCC(C2)O3)c(/C(N)=N/O)c1. The van der Waals surface area contributed by atoms with E-state index in [9.17, 15) is 0 Å². The third kappa shape index (κ3) is 2.26. The van der Waals surface area contributed by atoms with E-state index in [1.807, 2.05) is 19.1 Å². The molecule has 2 fully saturated rings. The molecular formula is C14H19N3O2. The zero-order valence-corrected chi connectivity index (χ0v) is 11.0. The van der Waals surface area contributed by atoms with E-state index in [1.165, 1.54) is 0 Å². The summed E-state index contributed by atoms with van der Waals surface area (Å²) < 4.78 is 5.85. The van der Waals surface area contributed by atoms with Crippen molar-refractivity contribution in [2.45, 2.75) is 32.0 Å². The molecule has 3 N–H and O–H groups in total. The van der Waals surface area contributed by atoms with Crippen LogP contribution in [-0.2, 0) is 4.74 Å². The molecule has 2 heterocycles. The molecule has 0 aromatic heterocycles. The number of nitrogens with zero attached hydrogens (tertiary/aromatic N) is 2. The summed E-state index contributed by atoms with van der Waals surface area (Å²) in [6.45, 7) is 3.76. The van der Waals surface area contributed by atoms with Gasteiger partial charge in [-0.2, -0.15) is 0 Å². The monoisotopic (exact) mass is 261 g/mol. The second-order valence-corrected chi connectivity index (χ2v) is 5.37. The molecule has 3 rings (SSSR count). The van der Waals surface area contributed by atoms with Crippen molar-refractivity contribution < 1.29 is 9.94 Å². The lowest BCUT2D eigenvalue weighted by atomic mass is 10.1. The van der Waals surface area contributed by atoms with Gasteiger partial charge in [0.2, 0.25) is 0 Å². The van der Waals surface area contributed by atoms with Gasteiger partial charge in [-0.3, -0.25) is 0 Å². The first-order valence-electron chi connectivity index (χ1n) is 6.66. The molecule has 0 radical (unpaired) electrons. The Morgan fingerprint density at radius 1 is 1.37 bits per heavy atom. The first-order valence-corrected chi connectivity index (χ1v) is 6.66. The maximum absolute atomic E-state index is 8.94. The van der Waals surface area contributed by atoms with Crippen LogP contribution in [0.1, 0.15) is 24.0 Å². The number of anilines is 1. The van der Waals surface area contributed by atoms with Gasteiger partial charge in [-0.25, -0.2) is 0 Å². The van der Waals surface area contributed by atoms with Crippen molar-refractivity contribution in [3.8, 4) is 0 Å². The Hall–Kier alpha value is -1.75. The Morgan fingerprint density at radius 3 is 2.68 bits per heavy atom. The summed E-state index contributed by atoms with van der Waals surface area (Å²) in [5.74, 6) is 0.164. The van der Waals surface area contributed by atoms with E-state index in [-0.39, 0.29) is 5.84 Å². The lowest BCUT2D eigenvalue weighted by molar-refractivity contribution is 0.0305. The van der Waals surface area contributed by atoms with Crippen LogP contribution >= 0.6 is 0 Å². The summed E-state index contributed by atoms with van der Waals surface area (Å²) in [6, 6.07) is 6.07. The van der Waals surface area contributed by atoms with E-state index in [0.29, 0.717) is 12.2 Å². The van der Waals surface area contributed by atoms with Gasteiger partial charge in [0.15, 0.2) is 5.84 Å². The van der Waals surface area contributed by atoms with Gasteiger partial charge in [-0.15, -0.1) is 0 Å². The van der Waals surface area contributed by atoms with Crippen LogP contribution in [0.2, 0.25) is 0 Å². The predicted molar refractivity (Wildman–Crippen MR) is 73.8 cm³/mol. The van der Waals surface area contributed by atoms with Gasteiger partial charge in [0.05, 0.1) is 12.2 Å². The van der Waals surface area contributed by atoms with E-state index < -0.39 is 0 Å². The molecule has 2 unspecified atom stereocenters. The number of fused-ring (bicyclic) bond motifs is 2. The topological polar surface area (TPSA) is 71.1 Å². The third-order valence-corrected chi connectivity index (χ3v) is 3.92. The van der Waals surface area contributed by atoms with E-state index in [2.05, 4.69) is 16.1 Å². The largest absolute Gasteiger partial charge is 0.409 e. The van der Waals surface area contributed by atoms with E-state index >= 15 is 0 Å². The number of hydrogen-bond donors (Lipinski definition) is 2. The third-order valence-electron chi connectivity index (χ3n) is 3.92. The second-order valence-electron chi connectivity index (χ2n) is 5.37. The molecule has 2 bridgehead atoms. The fraction of sp³-hybridized carbons (Fsp3) is 0.500. The average Bonchev–Trinajstić information content (AvgIpc) is 2.76. The van der Waals surface area contributed by atoms with Gasteiger partial charge in [0.25, 0.3) is 0 Å². The van der Waals surface area contributed by atoms with Crippen molar-refractivity contribution in [2.24, 2.45) is 10.9 Å². The summed E-state index contributed by atoms with van der Waals surface area (Å²) >= 11 is 0. The Bertz CT molecular complexity index is 503. The van der Waals surface area contributed by atoms with Crippen molar-refractivity contribution in [2.75, 3.05) is 18.0 Å². The highest BCUT2D eigenvalue weighted by Crippen LogP contribution is 2.31. The van der Waals surface area contributed by atoms with Crippen molar-refractivity contribution in [3.05, 3.63) is 29.3 Å². The highest BCUT2D eigenvalue weighted by Gasteiger charge is 2.34. The molecule has 5 nitrogen and oxygen atoms in total. The molecule has 102 valence electrons. The van der Waals surface area contributed by atoms with Crippen LogP contribution in [0, 0.1) is 6.92 Å². The minimum Gasteiger partial charge on any atom is -0.409 e. The molecule has 1 aromatic rings. The molecule has 0 spiro atoms. The molecule has 0 amide bonds. The fourth-order valence-corrected chi connectivity index (χ4v) is 3.00. The minimum absolute atomic E-state index is 0.164. The Kier molecular flexibility index (Phi) is 3.06. The lowest BCUT2D eigenvalue weighted by Gasteiger charge is -2.35.